The van der Waals surface area contributed by atoms with Gasteiger partial charge in [-0.05, 0) is 42.8 Å². The van der Waals surface area contributed by atoms with Crippen molar-refractivity contribution in [1.29, 1.82) is 0 Å². The van der Waals surface area contributed by atoms with Gasteiger partial charge in [0.25, 0.3) is 5.91 Å². The summed E-state index contributed by atoms with van der Waals surface area (Å²) in [5.41, 5.74) is 3.25. The number of nitrogens with zero attached hydrogens (tertiary/aromatic N) is 4. The Morgan fingerprint density at radius 1 is 1.15 bits per heavy atom. The third kappa shape index (κ3) is 3.98. The van der Waals surface area contributed by atoms with Crippen molar-refractivity contribution in [3.05, 3.63) is 71.5 Å². The van der Waals surface area contributed by atoms with Gasteiger partial charge in [-0.1, -0.05) is 17.7 Å². The van der Waals surface area contributed by atoms with Gasteiger partial charge in [-0.25, -0.2) is 4.98 Å². The van der Waals surface area contributed by atoms with Crippen LogP contribution in [0.4, 0.5) is 0 Å². The van der Waals surface area contributed by atoms with Crippen LogP contribution in [0.15, 0.2) is 55.1 Å². The summed E-state index contributed by atoms with van der Waals surface area (Å²) in [5, 5.41) is 11.2. The van der Waals surface area contributed by atoms with Gasteiger partial charge >= 0.3 is 0 Å². The van der Waals surface area contributed by atoms with Crippen LogP contribution >= 0.6 is 11.6 Å². The van der Waals surface area contributed by atoms with Crippen molar-refractivity contribution < 1.29 is 4.79 Å². The number of fused-ring (bicyclic) bond motifs is 1. The van der Waals surface area contributed by atoms with Crippen LogP contribution in [-0.4, -0.2) is 37.2 Å². The molecule has 4 aromatic rings. The summed E-state index contributed by atoms with van der Waals surface area (Å²) in [7, 11) is 0. The zero-order valence-corrected chi connectivity index (χ0v) is 15.1. The Morgan fingerprint density at radius 2 is 2.00 bits per heavy atom. The highest BCUT2D eigenvalue weighted by Gasteiger charge is 2.08. The molecule has 0 atom stereocenters. The average Bonchev–Trinajstić information content (AvgIpc) is 3.34. The van der Waals surface area contributed by atoms with Crippen LogP contribution in [0.3, 0.4) is 0 Å². The molecule has 0 unspecified atom stereocenters. The van der Waals surface area contributed by atoms with Crippen LogP contribution in [0.1, 0.15) is 22.6 Å². The normalized spacial score (nSPS) is 11.0. The van der Waals surface area contributed by atoms with E-state index >= 15 is 0 Å². The fraction of sp³-hybridized carbons (Fsp3) is 0.158. The van der Waals surface area contributed by atoms with Crippen molar-refractivity contribution in [2.45, 2.75) is 12.8 Å². The lowest BCUT2D eigenvalue weighted by Crippen LogP contribution is -2.25. The van der Waals surface area contributed by atoms with E-state index in [0.717, 1.165) is 35.4 Å². The van der Waals surface area contributed by atoms with E-state index in [2.05, 4.69) is 25.5 Å². The van der Waals surface area contributed by atoms with Crippen molar-refractivity contribution in [2.75, 3.05) is 6.54 Å². The van der Waals surface area contributed by atoms with Crippen molar-refractivity contribution in [2.24, 2.45) is 0 Å². The maximum absolute atomic E-state index is 12.4. The second kappa shape index (κ2) is 7.59. The molecule has 0 spiro atoms. The fourth-order valence-electron chi connectivity index (χ4n) is 2.85. The third-order valence-corrected chi connectivity index (χ3v) is 4.43. The van der Waals surface area contributed by atoms with Crippen molar-refractivity contribution >= 4 is 28.5 Å². The van der Waals surface area contributed by atoms with E-state index in [0.29, 0.717) is 17.1 Å². The number of rotatable bonds is 6. The van der Waals surface area contributed by atoms with Crippen LogP contribution < -0.4 is 5.32 Å². The lowest BCUT2D eigenvalue weighted by molar-refractivity contribution is 0.0953. The van der Waals surface area contributed by atoms with Gasteiger partial charge in [0.05, 0.1) is 11.0 Å². The minimum Gasteiger partial charge on any atom is -0.352 e. The predicted octanol–water partition coefficient (Wildman–Crippen LogP) is 3.16. The summed E-state index contributed by atoms with van der Waals surface area (Å²) in [6, 6.07) is 12.9. The first-order valence-electron chi connectivity index (χ1n) is 8.56. The van der Waals surface area contributed by atoms with Crippen LogP contribution in [0, 0.1) is 0 Å². The Kier molecular flexibility index (Phi) is 4.84. The van der Waals surface area contributed by atoms with Crippen molar-refractivity contribution in [3.8, 4) is 5.69 Å². The molecule has 2 heterocycles. The Bertz CT molecular complexity index is 1070. The van der Waals surface area contributed by atoms with E-state index in [4.69, 9.17) is 11.6 Å². The Morgan fingerprint density at radius 3 is 2.85 bits per heavy atom. The maximum Gasteiger partial charge on any atom is 0.251 e. The summed E-state index contributed by atoms with van der Waals surface area (Å²) in [4.78, 5) is 20.2. The van der Waals surface area contributed by atoms with E-state index in [-0.39, 0.29) is 5.91 Å². The molecule has 8 heteroatoms. The van der Waals surface area contributed by atoms with Gasteiger partial charge < -0.3 is 10.3 Å². The zero-order chi connectivity index (χ0) is 18.6. The minimum atomic E-state index is -0.110. The molecule has 0 aliphatic heterocycles. The molecule has 0 fully saturated rings. The van der Waals surface area contributed by atoms with Crippen molar-refractivity contribution in [3.63, 3.8) is 0 Å². The SMILES string of the molecule is O=C(NCCCc1nc2ccc(Cl)cc2[nH]1)c1cccc(-n2cnnc2)c1. The molecule has 1 amide bonds. The number of carbonyl (C=O) groups excluding carboxylic acids is 1. The number of imidazole rings is 1. The number of nitrogens with one attached hydrogen (secondary N) is 2. The van der Waals surface area contributed by atoms with Gasteiger partial charge in [0, 0.05) is 29.2 Å². The minimum absolute atomic E-state index is 0.110. The average molecular weight is 381 g/mol. The number of hydrogen-bond acceptors (Lipinski definition) is 4. The smallest absolute Gasteiger partial charge is 0.251 e. The van der Waals surface area contributed by atoms with Gasteiger partial charge in [0.15, 0.2) is 0 Å². The highest BCUT2D eigenvalue weighted by Crippen LogP contribution is 2.17. The first-order chi connectivity index (χ1) is 13.2. The first-order valence-corrected chi connectivity index (χ1v) is 8.94. The number of benzene rings is 2. The van der Waals surface area contributed by atoms with Crippen LogP contribution in [0.5, 0.6) is 0 Å². The van der Waals surface area contributed by atoms with Gasteiger partial charge in [-0.2, -0.15) is 0 Å². The summed E-state index contributed by atoms with van der Waals surface area (Å²) in [5.74, 6) is 0.775. The van der Waals surface area contributed by atoms with Gasteiger partial charge in [0.1, 0.15) is 18.5 Å². The largest absolute Gasteiger partial charge is 0.352 e. The highest BCUT2D eigenvalue weighted by molar-refractivity contribution is 6.31. The van der Waals surface area contributed by atoms with Crippen LogP contribution in [0.2, 0.25) is 5.02 Å². The van der Waals surface area contributed by atoms with E-state index in [1.54, 1.807) is 23.3 Å². The number of carbonyl (C=O) groups is 1. The standard InChI is InChI=1S/C19H17ClN6O/c20-14-6-7-16-17(10-14)25-18(24-16)5-2-8-21-19(27)13-3-1-4-15(9-13)26-11-22-23-12-26/h1,3-4,6-7,9-12H,2,5,8H2,(H,21,27)(H,24,25). The maximum atomic E-state index is 12.4. The summed E-state index contributed by atoms with van der Waals surface area (Å²) < 4.78 is 1.75. The van der Waals surface area contributed by atoms with Gasteiger partial charge in [-0.15, -0.1) is 10.2 Å². The molecule has 136 valence electrons. The summed E-state index contributed by atoms with van der Waals surface area (Å²) in [6.07, 6.45) is 4.72. The van der Waals surface area contributed by atoms with Crippen LogP contribution in [0.25, 0.3) is 16.7 Å². The number of hydrogen-bond donors (Lipinski definition) is 2. The van der Waals surface area contributed by atoms with E-state index in [9.17, 15) is 4.79 Å². The molecule has 0 aliphatic carbocycles. The van der Waals surface area contributed by atoms with Crippen LogP contribution in [-0.2, 0) is 6.42 Å². The number of amides is 1. The second-order valence-electron chi connectivity index (χ2n) is 6.12. The third-order valence-electron chi connectivity index (χ3n) is 4.19. The predicted molar refractivity (Wildman–Crippen MR) is 103 cm³/mol. The molecule has 7 nitrogen and oxygen atoms in total. The first kappa shape index (κ1) is 17.2. The van der Waals surface area contributed by atoms with E-state index in [1.165, 1.54) is 0 Å². The molecule has 2 aromatic heterocycles. The molecule has 4 rings (SSSR count). The number of aryl methyl sites for hydroxylation is 1. The Hall–Kier alpha value is -3.19. The molecule has 27 heavy (non-hydrogen) atoms. The molecule has 0 aliphatic rings. The Labute approximate surface area is 160 Å². The lowest BCUT2D eigenvalue weighted by atomic mass is 10.2. The number of H-pyrrole nitrogens is 1. The topological polar surface area (TPSA) is 88.5 Å². The molecule has 0 bridgehead atoms. The second-order valence-corrected chi connectivity index (χ2v) is 6.56. The quantitative estimate of drug-likeness (QED) is 0.503. The molecular formula is C19H17ClN6O. The van der Waals surface area contributed by atoms with Crippen molar-refractivity contribution in [1.82, 2.24) is 30.0 Å². The van der Waals surface area contributed by atoms with Gasteiger partial charge in [0.2, 0.25) is 0 Å². The molecule has 2 N–H and O–H groups in total. The van der Waals surface area contributed by atoms with E-state index < -0.39 is 0 Å². The molecule has 0 saturated carbocycles. The fourth-order valence-corrected chi connectivity index (χ4v) is 3.03. The highest BCUT2D eigenvalue weighted by atomic mass is 35.5. The summed E-state index contributed by atoms with van der Waals surface area (Å²) in [6.45, 7) is 0.563. The molecule has 0 saturated heterocycles. The lowest BCUT2D eigenvalue weighted by Gasteiger charge is -2.07. The zero-order valence-electron chi connectivity index (χ0n) is 14.4. The number of aromatic nitrogens is 5. The monoisotopic (exact) mass is 380 g/mol. The molecule has 2 aromatic carbocycles. The summed E-state index contributed by atoms with van der Waals surface area (Å²) >= 11 is 5.99. The van der Waals surface area contributed by atoms with Gasteiger partial charge in [-0.3, -0.25) is 9.36 Å². The van der Waals surface area contributed by atoms with E-state index in [1.807, 2.05) is 36.4 Å². The molecule has 0 radical (unpaired) electrons. The molecular weight excluding hydrogens is 364 g/mol. The number of halogens is 1. The number of aromatic amines is 1. The Balaban J connectivity index is 1.32.